The smallest absolute Gasteiger partial charge is 0.0109 e. The fraction of sp³-hybridized carbons (Fsp3) is 1.00. The summed E-state index contributed by atoms with van der Waals surface area (Å²) in [6.07, 6.45) is 1.26. The first kappa shape index (κ1) is 19.2. The summed E-state index contributed by atoms with van der Waals surface area (Å²) in [6, 6.07) is 0.680. The molecule has 0 aromatic rings. The molecular weight excluding hydrogens is 210 g/mol. The second-order valence-electron chi connectivity index (χ2n) is 4.82. The van der Waals surface area contributed by atoms with Crippen LogP contribution in [0.3, 0.4) is 0 Å². The van der Waals surface area contributed by atoms with E-state index in [9.17, 15) is 0 Å². The van der Waals surface area contributed by atoms with Crippen molar-refractivity contribution in [3.8, 4) is 0 Å². The molecule has 1 unspecified atom stereocenters. The van der Waals surface area contributed by atoms with Gasteiger partial charge >= 0.3 is 0 Å². The Hall–Kier alpha value is -0.120. The van der Waals surface area contributed by atoms with Crippen LogP contribution in [0.2, 0.25) is 0 Å². The van der Waals surface area contributed by atoms with E-state index in [0.29, 0.717) is 6.04 Å². The quantitative estimate of drug-likeness (QED) is 0.649. The van der Waals surface area contributed by atoms with Crippen LogP contribution in [0.15, 0.2) is 0 Å². The molecule has 0 N–H and O–H groups in total. The van der Waals surface area contributed by atoms with Gasteiger partial charge < -0.3 is 14.7 Å². The topological polar surface area (TPSA) is 9.72 Å². The maximum Gasteiger partial charge on any atom is 0.0109 e. The molecule has 0 heterocycles. The third-order valence-electron chi connectivity index (χ3n) is 3.12. The Kier molecular flexibility index (Phi) is 14.0. The summed E-state index contributed by atoms with van der Waals surface area (Å²) < 4.78 is 0. The van der Waals surface area contributed by atoms with E-state index in [-0.39, 0.29) is 0 Å². The van der Waals surface area contributed by atoms with Crippen molar-refractivity contribution < 1.29 is 0 Å². The van der Waals surface area contributed by atoms with Crippen molar-refractivity contribution in [1.29, 1.82) is 0 Å². The molecule has 3 heteroatoms. The van der Waals surface area contributed by atoms with Gasteiger partial charge in [-0.15, -0.1) is 0 Å². The summed E-state index contributed by atoms with van der Waals surface area (Å²) in [5, 5.41) is 0. The molecule has 0 spiro atoms. The molecule has 0 fully saturated rings. The molecule has 1 atom stereocenters. The van der Waals surface area contributed by atoms with Gasteiger partial charge in [0.2, 0.25) is 0 Å². The number of hydrogen-bond acceptors (Lipinski definition) is 3. The zero-order valence-electron chi connectivity index (χ0n) is 13.5. The molecule has 0 aliphatic carbocycles. The van der Waals surface area contributed by atoms with Crippen molar-refractivity contribution in [3.63, 3.8) is 0 Å². The molecular formula is C14H35N3. The lowest BCUT2D eigenvalue weighted by molar-refractivity contribution is 0.202. The summed E-state index contributed by atoms with van der Waals surface area (Å²) >= 11 is 0. The molecule has 0 saturated carbocycles. The van der Waals surface area contributed by atoms with Crippen LogP contribution in [-0.4, -0.2) is 75.1 Å². The van der Waals surface area contributed by atoms with E-state index in [4.69, 9.17) is 0 Å². The molecule has 0 aromatic heterocycles. The summed E-state index contributed by atoms with van der Waals surface area (Å²) in [7, 11) is 8.67. The van der Waals surface area contributed by atoms with Gasteiger partial charge in [-0.3, -0.25) is 0 Å². The minimum absolute atomic E-state index is 0.680. The van der Waals surface area contributed by atoms with Gasteiger partial charge in [-0.25, -0.2) is 0 Å². The van der Waals surface area contributed by atoms with Crippen LogP contribution >= 0.6 is 0 Å². The summed E-state index contributed by atoms with van der Waals surface area (Å²) in [5.41, 5.74) is 0. The van der Waals surface area contributed by atoms with E-state index in [1.807, 2.05) is 13.8 Å². The van der Waals surface area contributed by atoms with Crippen molar-refractivity contribution in [3.05, 3.63) is 0 Å². The Labute approximate surface area is 110 Å². The van der Waals surface area contributed by atoms with Gasteiger partial charge in [-0.1, -0.05) is 20.8 Å². The maximum absolute atomic E-state index is 2.45. The Bertz CT molecular complexity index is 148. The van der Waals surface area contributed by atoms with E-state index in [2.05, 4.69) is 56.7 Å². The van der Waals surface area contributed by atoms with Crippen LogP contribution in [0.5, 0.6) is 0 Å². The van der Waals surface area contributed by atoms with E-state index in [1.165, 1.54) is 13.0 Å². The maximum atomic E-state index is 2.45. The molecule has 0 aliphatic rings. The van der Waals surface area contributed by atoms with Crippen LogP contribution in [0.1, 0.15) is 34.1 Å². The average Bonchev–Trinajstić information content (AvgIpc) is 2.34. The fourth-order valence-corrected chi connectivity index (χ4v) is 1.36. The zero-order valence-corrected chi connectivity index (χ0v) is 13.5. The molecule has 0 radical (unpaired) electrons. The number of nitrogens with zero attached hydrogens (tertiary/aromatic N) is 3. The van der Waals surface area contributed by atoms with Gasteiger partial charge in [-0.05, 0) is 54.6 Å². The highest BCUT2D eigenvalue weighted by Gasteiger charge is 2.09. The zero-order chi connectivity index (χ0) is 13.8. The first-order valence-corrected chi connectivity index (χ1v) is 7.00. The Morgan fingerprint density at radius 1 is 0.882 bits per heavy atom. The lowest BCUT2D eigenvalue weighted by Crippen LogP contribution is -2.37. The predicted octanol–water partition coefficient (Wildman–Crippen LogP) is 2.24. The minimum atomic E-state index is 0.680. The lowest BCUT2D eigenvalue weighted by Gasteiger charge is -2.27. The molecule has 3 nitrogen and oxygen atoms in total. The van der Waals surface area contributed by atoms with Crippen LogP contribution in [-0.2, 0) is 0 Å². The summed E-state index contributed by atoms with van der Waals surface area (Å²) in [4.78, 5) is 7.06. The van der Waals surface area contributed by atoms with Crippen molar-refractivity contribution >= 4 is 0 Å². The third-order valence-corrected chi connectivity index (χ3v) is 3.12. The van der Waals surface area contributed by atoms with Crippen LogP contribution in [0.4, 0.5) is 0 Å². The molecule has 0 amide bonds. The third kappa shape index (κ3) is 12.1. The van der Waals surface area contributed by atoms with Crippen LogP contribution in [0.25, 0.3) is 0 Å². The molecule has 0 aliphatic heterocycles. The number of hydrogen-bond donors (Lipinski definition) is 0. The standard InChI is InChI=1S/C12H29N3.C2H6/c1-7-14(5)9-8-12(2)15(6)11-10-13(3)4;1-2/h12H,7-11H2,1-6H3;1-2H3. The van der Waals surface area contributed by atoms with E-state index < -0.39 is 0 Å². The van der Waals surface area contributed by atoms with Crippen molar-refractivity contribution in [2.75, 3.05) is 54.4 Å². The number of rotatable bonds is 8. The highest BCUT2D eigenvalue weighted by atomic mass is 15.2. The monoisotopic (exact) mass is 245 g/mol. The molecule has 17 heavy (non-hydrogen) atoms. The van der Waals surface area contributed by atoms with Crippen LogP contribution < -0.4 is 0 Å². The van der Waals surface area contributed by atoms with Gasteiger partial charge in [0.05, 0.1) is 0 Å². The highest BCUT2D eigenvalue weighted by molar-refractivity contribution is 4.66. The largest absolute Gasteiger partial charge is 0.308 e. The number of likely N-dealkylation sites (N-methyl/N-ethyl adjacent to an activating group) is 2. The van der Waals surface area contributed by atoms with Gasteiger partial charge in [-0.2, -0.15) is 0 Å². The molecule has 106 valence electrons. The lowest BCUT2D eigenvalue weighted by atomic mass is 10.2. The SMILES string of the molecule is CC.CCN(C)CCC(C)N(C)CCN(C)C. The van der Waals surface area contributed by atoms with Gasteiger partial charge in [0.25, 0.3) is 0 Å². The van der Waals surface area contributed by atoms with E-state index in [0.717, 1.165) is 19.6 Å². The van der Waals surface area contributed by atoms with Crippen LogP contribution in [0, 0.1) is 0 Å². The Morgan fingerprint density at radius 2 is 1.41 bits per heavy atom. The Morgan fingerprint density at radius 3 is 1.82 bits per heavy atom. The second kappa shape index (κ2) is 12.3. The van der Waals surface area contributed by atoms with Gasteiger partial charge in [0.15, 0.2) is 0 Å². The molecule has 0 bridgehead atoms. The van der Waals surface area contributed by atoms with Gasteiger partial charge in [0, 0.05) is 19.1 Å². The van der Waals surface area contributed by atoms with Crippen molar-refractivity contribution in [2.45, 2.75) is 40.2 Å². The molecule has 0 saturated heterocycles. The second-order valence-corrected chi connectivity index (χ2v) is 4.82. The van der Waals surface area contributed by atoms with Crippen molar-refractivity contribution in [1.82, 2.24) is 14.7 Å². The fourth-order valence-electron chi connectivity index (χ4n) is 1.36. The first-order valence-electron chi connectivity index (χ1n) is 7.00. The first-order chi connectivity index (χ1) is 7.97. The minimum Gasteiger partial charge on any atom is -0.308 e. The van der Waals surface area contributed by atoms with E-state index >= 15 is 0 Å². The highest BCUT2D eigenvalue weighted by Crippen LogP contribution is 2.01. The Balaban J connectivity index is 0. The van der Waals surface area contributed by atoms with Crippen molar-refractivity contribution in [2.24, 2.45) is 0 Å². The summed E-state index contributed by atoms with van der Waals surface area (Å²) in [6.45, 7) is 13.2. The average molecular weight is 245 g/mol. The molecule has 0 rings (SSSR count). The normalized spacial score (nSPS) is 12.9. The summed E-state index contributed by atoms with van der Waals surface area (Å²) in [5.74, 6) is 0. The van der Waals surface area contributed by atoms with E-state index in [1.54, 1.807) is 0 Å². The molecule has 0 aromatic carbocycles. The van der Waals surface area contributed by atoms with Gasteiger partial charge in [0.1, 0.15) is 0 Å². The predicted molar refractivity (Wildman–Crippen MR) is 79.8 cm³/mol.